The third-order valence-electron chi connectivity index (χ3n) is 5.52. The minimum Gasteiger partial charge on any atom is -0.369 e. The van der Waals surface area contributed by atoms with Gasteiger partial charge < -0.3 is 16.4 Å². The molecule has 0 unspecified atom stereocenters. The number of halogens is 1. The number of aryl methyl sites for hydroxylation is 1. The highest BCUT2D eigenvalue weighted by Gasteiger charge is 2.23. The summed E-state index contributed by atoms with van der Waals surface area (Å²) in [6.45, 7) is 4.14. The topological polar surface area (TPSA) is 126 Å². The minimum atomic E-state index is -0.278. The third kappa shape index (κ3) is 5.84. The average molecular weight is 486 g/mol. The van der Waals surface area contributed by atoms with Crippen molar-refractivity contribution in [1.29, 1.82) is 0 Å². The lowest BCUT2D eigenvalue weighted by Crippen LogP contribution is -2.38. The number of piperidine rings is 1. The van der Waals surface area contributed by atoms with Crippen molar-refractivity contribution in [2.24, 2.45) is 11.7 Å². The molecule has 4 N–H and O–H groups in total. The fourth-order valence-corrected chi connectivity index (χ4v) is 4.66. The van der Waals surface area contributed by atoms with Crippen molar-refractivity contribution in [2.45, 2.75) is 26.3 Å². The molecular weight excluding hydrogens is 462 g/mol. The van der Waals surface area contributed by atoms with E-state index in [1.165, 1.54) is 23.9 Å². The molecule has 1 aromatic carbocycles. The molecule has 172 valence electrons. The summed E-state index contributed by atoms with van der Waals surface area (Å²) in [6.07, 6.45) is 4.54. The zero-order chi connectivity index (χ0) is 23.4. The standard InChI is InChI=1S/C22H24ClN7O2S/c1-13-3-2-4-16(23)19(13)29-21(32)17-10-25-22(33-17)28-18-9-15(26-12-27-18)11-30-7-5-14(6-8-30)20(24)31/h2-4,9-10,12,14H,5-8,11H2,1H3,(H2,24,31)(H,29,32)(H,25,26,27,28). The van der Waals surface area contributed by atoms with Crippen molar-refractivity contribution < 1.29 is 9.59 Å². The molecule has 4 rings (SSSR count). The zero-order valence-electron chi connectivity index (χ0n) is 18.0. The molecule has 2 amide bonds. The lowest BCUT2D eigenvalue weighted by Gasteiger charge is -2.30. The highest BCUT2D eigenvalue weighted by Crippen LogP contribution is 2.28. The van der Waals surface area contributed by atoms with E-state index in [1.54, 1.807) is 6.07 Å². The van der Waals surface area contributed by atoms with Gasteiger partial charge in [0.15, 0.2) is 5.13 Å². The zero-order valence-corrected chi connectivity index (χ0v) is 19.6. The molecule has 0 radical (unpaired) electrons. The Balaban J connectivity index is 1.36. The predicted molar refractivity (Wildman–Crippen MR) is 129 cm³/mol. The molecular formula is C22H24ClN7O2S. The van der Waals surface area contributed by atoms with Crippen LogP contribution in [-0.2, 0) is 11.3 Å². The molecule has 0 spiro atoms. The maximum Gasteiger partial charge on any atom is 0.267 e. The number of nitrogens with zero attached hydrogens (tertiary/aromatic N) is 4. The second-order valence-corrected chi connectivity index (χ2v) is 9.33. The van der Waals surface area contributed by atoms with E-state index in [9.17, 15) is 9.59 Å². The number of anilines is 3. The number of nitrogens with two attached hydrogens (primary N) is 1. The number of primary amides is 1. The van der Waals surface area contributed by atoms with Gasteiger partial charge >= 0.3 is 0 Å². The molecule has 1 saturated heterocycles. The Kier molecular flexibility index (Phi) is 7.17. The lowest BCUT2D eigenvalue weighted by molar-refractivity contribution is -0.123. The van der Waals surface area contributed by atoms with Crippen molar-refractivity contribution in [3.05, 3.63) is 57.9 Å². The maximum atomic E-state index is 12.6. The van der Waals surface area contributed by atoms with Crippen LogP contribution in [0.5, 0.6) is 0 Å². The Morgan fingerprint density at radius 2 is 2.03 bits per heavy atom. The molecule has 2 aromatic heterocycles. The van der Waals surface area contributed by atoms with Crippen molar-refractivity contribution >= 4 is 51.4 Å². The van der Waals surface area contributed by atoms with Crippen molar-refractivity contribution in [3.8, 4) is 0 Å². The van der Waals surface area contributed by atoms with E-state index in [0.717, 1.165) is 37.2 Å². The lowest BCUT2D eigenvalue weighted by atomic mass is 9.96. The van der Waals surface area contributed by atoms with Gasteiger partial charge in [-0.05, 0) is 44.5 Å². The van der Waals surface area contributed by atoms with E-state index in [2.05, 4.69) is 30.5 Å². The quantitative estimate of drug-likeness (QED) is 0.466. The number of nitrogens with one attached hydrogen (secondary N) is 2. The first kappa shape index (κ1) is 23.1. The van der Waals surface area contributed by atoms with Crippen LogP contribution in [0.15, 0.2) is 36.8 Å². The van der Waals surface area contributed by atoms with Gasteiger partial charge in [-0.15, -0.1) is 0 Å². The molecule has 1 aliphatic rings. The van der Waals surface area contributed by atoms with Crippen molar-refractivity contribution in [3.63, 3.8) is 0 Å². The van der Waals surface area contributed by atoms with E-state index in [4.69, 9.17) is 17.3 Å². The summed E-state index contributed by atoms with van der Waals surface area (Å²) in [5.41, 5.74) is 7.73. The molecule has 1 aliphatic heterocycles. The van der Waals surface area contributed by atoms with Gasteiger partial charge in [0, 0.05) is 18.5 Å². The molecule has 3 heterocycles. The van der Waals surface area contributed by atoms with Gasteiger partial charge in [0.25, 0.3) is 5.91 Å². The molecule has 0 aliphatic carbocycles. The van der Waals surface area contributed by atoms with Crippen LogP contribution in [0, 0.1) is 12.8 Å². The van der Waals surface area contributed by atoms with E-state index < -0.39 is 0 Å². The van der Waals surface area contributed by atoms with Crippen LogP contribution in [0.4, 0.5) is 16.6 Å². The Morgan fingerprint density at radius 3 is 2.76 bits per heavy atom. The largest absolute Gasteiger partial charge is 0.369 e. The number of rotatable bonds is 7. The SMILES string of the molecule is Cc1cccc(Cl)c1NC(=O)c1cnc(Nc2cc(CN3CCC(C(N)=O)CC3)ncn2)s1. The number of aromatic nitrogens is 3. The van der Waals surface area contributed by atoms with Gasteiger partial charge in [0.2, 0.25) is 5.91 Å². The molecule has 33 heavy (non-hydrogen) atoms. The first-order valence-electron chi connectivity index (χ1n) is 10.5. The molecule has 0 saturated carbocycles. The van der Waals surface area contributed by atoms with Crippen molar-refractivity contribution in [2.75, 3.05) is 23.7 Å². The first-order valence-corrected chi connectivity index (χ1v) is 11.7. The van der Waals surface area contributed by atoms with E-state index >= 15 is 0 Å². The number of hydrogen-bond donors (Lipinski definition) is 3. The summed E-state index contributed by atoms with van der Waals surface area (Å²) in [4.78, 5) is 39.6. The molecule has 0 atom stereocenters. The number of thiazole rings is 1. The van der Waals surface area contributed by atoms with Crippen molar-refractivity contribution in [1.82, 2.24) is 19.9 Å². The van der Waals surface area contributed by atoms with Crippen LogP contribution in [-0.4, -0.2) is 44.8 Å². The number of carbonyl (C=O) groups is 2. The van der Waals surface area contributed by atoms with Gasteiger partial charge in [-0.2, -0.15) is 0 Å². The summed E-state index contributed by atoms with van der Waals surface area (Å²) in [5.74, 6) is 0.0541. The van der Waals surface area contributed by atoms with Gasteiger partial charge in [0.1, 0.15) is 17.0 Å². The van der Waals surface area contributed by atoms with Crippen LogP contribution < -0.4 is 16.4 Å². The number of carbonyl (C=O) groups excluding carboxylic acids is 2. The van der Waals surface area contributed by atoms with Crippen LogP contribution in [0.2, 0.25) is 5.02 Å². The monoisotopic (exact) mass is 485 g/mol. The molecule has 1 fully saturated rings. The maximum absolute atomic E-state index is 12.6. The fraction of sp³-hybridized carbons (Fsp3) is 0.318. The highest BCUT2D eigenvalue weighted by molar-refractivity contribution is 7.17. The van der Waals surface area contributed by atoms with Crippen LogP contribution in [0.25, 0.3) is 0 Å². The smallest absolute Gasteiger partial charge is 0.267 e. The van der Waals surface area contributed by atoms with E-state index in [-0.39, 0.29) is 17.7 Å². The third-order valence-corrected chi connectivity index (χ3v) is 6.75. The van der Waals surface area contributed by atoms with Crippen LogP contribution in [0.3, 0.4) is 0 Å². The predicted octanol–water partition coefficient (Wildman–Crippen LogP) is 3.59. The summed E-state index contributed by atoms with van der Waals surface area (Å²) >= 11 is 7.42. The molecule has 9 nitrogen and oxygen atoms in total. The normalized spacial score (nSPS) is 14.7. The van der Waals surface area contributed by atoms with Crippen LogP contribution >= 0.6 is 22.9 Å². The van der Waals surface area contributed by atoms with Crippen LogP contribution in [0.1, 0.15) is 33.8 Å². The average Bonchev–Trinajstić information content (AvgIpc) is 3.25. The number of benzene rings is 1. The minimum absolute atomic E-state index is 0.0398. The number of para-hydroxylation sites is 1. The van der Waals surface area contributed by atoms with E-state index in [1.807, 2.05) is 25.1 Å². The van der Waals surface area contributed by atoms with Gasteiger partial charge in [-0.1, -0.05) is 35.1 Å². The first-order chi connectivity index (χ1) is 15.9. The molecule has 0 bridgehead atoms. The highest BCUT2D eigenvalue weighted by atomic mass is 35.5. The Labute approximate surface area is 200 Å². The van der Waals surface area contributed by atoms with Gasteiger partial charge in [-0.3, -0.25) is 14.5 Å². The van der Waals surface area contributed by atoms with E-state index in [0.29, 0.717) is 33.1 Å². The van der Waals surface area contributed by atoms with Gasteiger partial charge in [-0.25, -0.2) is 15.0 Å². The Morgan fingerprint density at radius 1 is 1.24 bits per heavy atom. The number of likely N-dealkylation sites (tertiary alicyclic amines) is 1. The summed E-state index contributed by atoms with van der Waals surface area (Å²) < 4.78 is 0. The Hall–Kier alpha value is -3.08. The fourth-order valence-electron chi connectivity index (χ4n) is 3.67. The Bertz CT molecular complexity index is 1140. The second kappa shape index (κ2) is 10.2. The summed E-state index contributed by atoms with van der Waals surface area (Å²) in [7, 11) is 0. The number of hydrogen-bond acceptors (Lipinski definition) is 8. The summed E-state index contributed by atoms with van der Waals surface area (Å²) in [5, 5.41) is 7.01. The molecule has 11 heteroatoms. The molecule has 3 aromatic rings. The van der Waals surface area contributed by atoms with Gasteiger partial charge in [0.05, 0.1) is 22.6 Å². The second-order valence-electron chi connectivity index (χ2n) is 7.89. The summed E-state index contributed by atoms with van der Waals surface area (Å²) in [6, 6.07) is 7.31. The number of amides is 2.